The fourth-order valence-electron chi connectivity index (χ4n) is 8.38. The van der Waals surface area contributed by atoms with Gasteiger partial charge in [-0.1, -0.05) is 84.4 Å². The van der Waals surface area contributed by atoms with Crippen LogP contribution in [0.2, 0.25) is 0 Å². The maximum atomic E-state index is 2.52. The van der Waals surface area contributed by atoms with Gasteiger partial charge in [-0.05, 0) is 132 Å². The lowest BCUT2D eigenvalue weighted by atomic mass is 9.32. The van der Waals surface area contributed by atoms with Crippen molar-refractivity contribution in [2.24, 2.45) is 0 Å². The Kier molecular flexibility index (Phi) is 6.16. The van der Waals surface area contributed by atoms with Gasteiger partial charge in [-0.2, -0.15) is 0 Å². The van der Waals surface area contributed by atoms with Gasteiger partial charge in [0, 0.05) is 51.2 Å². The van der Waals surface area contributed by atoms with Crippen LogP contribution in [0.15, 0.2) is 158 Å². The summed E-state index contributed by atoms with van der Waals surface area (Å²) in [4.78, 5) is 7.38. The summed E-state index contributed by atoms with van der Waals surface area (Å²) in [6, 6.07) is 57.8. The number of fused-ring (bicyclic) bond motifs is 2. The molecule has 2 heterocycles. The van der Waals surface area contributed by atoms with E-state index in [9.17, 15) is 0 Å². The lowest BCUT2D eigenvalue weighted by molar-refractivity contribution is 1.03. The van der Waals surface area contributed by atoms with Crippen molar-refractivity contribution in [3.05, 3.63) is 180 Å². The highest BCUT2D eigenvalue weighted by Crippen LogP contribution is 2.47. The van der Waals surface area contributed by atoms with Gasteiger partial charge in [-0.3, -0.25) is 0 Å². The molecule has 3 nitrogen and oxygen atoms in total. The first-order valence-electron chi connectivity index (χ1n) is 17.2. The van der Waals surface area contributed by atoms with Crippen LogP contribution >= 0.6 is 0 Å². The zero-order chi connectivity index (χ0) is 32.6. The summed E-state index contributed by atoms with van der Waals surface area (Å²) < 4.78 is 0. The van der Waals surface area contributed by atoms with E-state index in [0.29, 0.717) is 0 Å². The first-order valence-corrected chi connectivity index (χ1v) is 17.2. The van der Waals surface area contributed by atoms with Crippen LogP contribution in [-0.4, -0.2) is 6.71 Å². The van der Waals surface area contributed by atoms with Gasteiger partial charge in [-0.15, -0.1) is 0 Å². The summed E-state index contributed by atoms with van der Waals surface area (Å²) in [6.45, 7) is 4.60. The van der Waals surface area contributed by atoms with Crippen molar-refractivity contribution < 1.29 is 0 Å². The Labute approximate surface area is 288 Å². The van der Waals surface area contributed by atoms with Crippen LogP contribution in [0.1, 0.15) is 22.3 Å². The molecule has 0 N–H and O–H groups in total. The van der Waals surface area contributed by atoms with Gasteiger partial charge < -0.3 is 14.7 Å². The molecule has 0 spiro atoms. The van der Waals surface area contributed by atoms with Gasteiger partial charge in [0.1, 0.15) is 0 Å². The van der Waals surface area contributed by atoms with Gasteiger partial charge in [0.25, 0.3) is 6.71 Å². The van der Waals surface area contributed by atoms with Gasteiger partial charge in [-0.25, -0.2) is 0 Å². The van der Waals surface area contributed by atoms with Crippen molar-refractivity contribution in [3.8, 4) is 0 Å². The zero-order valence-corrected chi connectivity index (χ0v) is 27.6. The third-order valence-electron chi connectivity index (χ3n) is 10.7. The molecule has 4 aliphatic rings. The Morgan fingerprint density at radius 1 is 0.490 bits per heavy atom. The minimum atomic E-state index is 0.122. The number of hydrogen-bond acceptors (Lipinski definition) is 3. The van der Waals surface area contributed by atoms with Crippen LogP contribution in [0.3, 0.4) is 0 Å². The number of benzene rings is 7. The standard InChI is InChI=1S/C45H34BN3/c1-30-21-23-36(24-22-30)49-41-20-12-19-40-45(41)46(44-38-27-32(31(38)2)28-43(44)49)39-26-25-37(29-42(39)48(40)35-17-10-5-11-18-35)47(33-13-6-3-7-14-33)34-15-8-4-9-16-34/h3-26,28-29H,27H2,1-2H3. The van der Waals surface area contributed by atoms with E-state index >= 15 is 0 Å². The van der Waals surface area contributed by atoms with E-state index in [-0.39, 0.29) is 6.71 Å². The van der Waals surface area contributed by atoms with Gasteiger partial charge in [0.2, 0.25) is 0 Å². The second-order valence-electron chi connectivity index (χ2n) is 13.5. The highest BCUT2D eigenvalue weighted by Gasteiger charge is 2.46. The Morgan fingerprint density at radius 3 is 1.71 bits per heavy atom. The molecule has 0 aromatic heterocycles. The molecule has 0 fully saturated rings. The monoisotopic (exact) mass is 627 g/mol. The minimum Gasteiger partial charge on any atom is -0.311 e. The van der Waals surface area contributed by atoms with E-state index in [1.54, 1.807) is 0 Å². The average molecular weight is 628 g/mol. The van der Waals surface area contributed by atoms with Crippen LogP contribution in [-0.2, 0) is 6.42 Å². The predicted molar refractivity (Wildman–Crippen MR) is 207 cm³/mol. The summed E-state index contributed by atoms with van der Waals surface area (Å²) in [5, 5.41) is 0. The Hall–Kier alpha value is -6.00. The molecule has 0 radical (unpaired) electrons. The predicted octanol–water partition coefficient (Wildman–Crippen LogP) is 9.76. The van der Waals surface area contributed by atoms with E-state index in [0.717, 1.165) is 29.2 Å². The summed E-state index contributed by atoms with van der Waals surface area (Å²) in [6.07, 6.45) is 1.05. The van der Waals surface area contributed by atoms with E-state index in [2.05, 4.69) is 186 Å². The quantitative estimate of drug-likeness (QED) is 0.176. The van der Waals surface area contributed by atoms with Crippen molar-refractivity contribution in [1.29, 1.82) is 0 Å². The number of anilines is 9. The van der Waals surface area contributed by atoms with Crippen molar-refractivity contribution in [2.45, 2.75) is 20.3 Å². The van der Waals surface area contributed by atoms with E-state index in [1.807, 2.05) is 0 Å². The molecular weight excluding hydrogens is 593 g/mol. The van der Waals surface area contributed by atoms with Crippen LogP contribution in [0.5, 0.6) is 0 Å². The third-order valence-corrected chi connectivity index (χ3v) is 10.7. The molecule has 0 amide bonds. The van der Waals surface area contributed by atoms with Crippen LogP contribution in [0, 0.1) is 13.8 Å². The van der Waals surface area contributed by atoms with Gasteiger partial charge >= 0.3 is 0 Å². The van der Waals surface area contributed by atoms with Gasteiger partial charge in [0.15, 0.2) is 0 Å². The maximum Gasteiger partial charge on any atom is 0.252 e. The highest BCUT2D eigenvalue weighted by atomic mass is 15.2. The molecule has 2 aliphatic carbocycles. The topological polar surface area (TPSA) is 9.72 Å². The minimum absolute atomic E-state index is 0.122. The second kappa shape index (κ2) is 10.8. The molecule has 0 saturated carbocycles. The number of aryl methyl sites for hydroxylation is 2. The molecule has 7 aromatic carbocycles. The smallest absolute Gasteiger partial charge is 0.252 e. The highest BCUT2D eigenvalue weighted by molar-refractivity contribution is 7.00. The van der Waals surface area contributed by atoms with Gasteiger partial charge in [0.05, 0.1) is 0 Å². The lowest BCUT2D eigenvalue weighted by Crippen LogP contribution is -2.63. The van der Waals surface area contributed by atoms with Crippen molar-refractivity contribution >= 4 is 74.3 Å². The molecule has 0 unspecified atom stereocenters. The number of nitrogens with zero attached hydrogens (tertiary/aromatic N) is 3. The van der Waals surface area contributed by atoms with Crippen molar-refractivity contribution in [1.82, 2.24) is 0 Å². The average Bonchev–Trinajstić information content (AvgIpc) is 3.16. The molecule has 49 heavy (non-hydrogen) atoms. The first kappa shape index (κ1) is 28.1. The summed E-state index contributed by atoms with van der Waals surface area (Å²) >= 11 is 0. The Bertz CT molecular complexity index is 2350. The van der Waals surface area contributed by atoms with E-state index in [1.165, 1.54) is 67.1 Å². The molecule has 2 aliphatic heterocycles. The summed E-state index contributed by atoms with van der Waals surface area (Å²) in [7, 11) is 0. The molecule has 0 atom stereocenters. The number of rotatable bonds is 5. The Balaban J connectivity index is 1.26. The van der Waals surface area contributed by atoms with Crippen LogP contribution in [0.4, 0.5) is 51.2 Å². The largest absolute Gasteiger partial charge is 0.311 e. The third kappa shape index (κ3) is 4.17. The molecule has 232 valence electrons. The SMILES string of the molecule is Cc1ccc(N2c3cccc4c3B(c3ccc(N(c5ccccc5)c5ccccc5)cc3N4c3ccccc3)c3c2cc2c(C)c3C2)cc1. The van der Waals surface area contributed by atoms with Crippen LogP contribution in [0.25, 0.3) is 0 Å². The molecule has 4 heteroatoms. The number of hydrogen-bond donors (Lipinski definition) is 0. The Morgan fingerprint density at radius 2 is 1.08 bits per heavy atom. The van der Waals surface area contributed by atoms with E-state index in [4.69, 9.17) is 0 Å². The molecule has 11 rings (SSSR count). The lowest BCUT2D eigenvalue weighted by Gasteiger charge is -2.46. The molecule has 2 bridgehead atoms. The van der Waals surface area contributed by atoms with Crippen molar-refractivity contribution in [2.75, 3.05) is 14.7 Å². The second-order valence-corrected chi connectivity index (χ2v) is 13.5. The van der Waals surface area contributed by atoms with Crippen LogP contribution < -0.4 is 31.1 Å². The fraction of sp³-hybridized carbons (Fsp3) is 0.0667. The normalized spacial score (nSPS) is 13.3. The summed E-state index contributed by atoms with van der Waals surface area (Å²) in [5.41, 5.74) is 20.7. The first-order chi connectivity index (χ1) is 24.2. The van der Waals surface area contributed by atoms with Crippen molar-refractivity contribution in [3.63, 3.8) is 0 Å². The fourth-order valence-corrected chi connectivity index (χ4v) is 8.38. The molecular formula is C45H34BN3. The summed E-state index contributed by atoms with van der Waals surface area (Å²) in [5.74, 6) is 0. The van der Waals surface area contributed by atoms with E-state index < -0.39 is 0 Å². The maximum absolute atomic E-state index is 2.52. The number of para-hydroxylation sites is 3. The molecule has 0 saturated heterocycles. The molecule has 7 aromatic rings. The zero-order valence-electron chi connectivity index (χ0n) is 27.6.